The maximum atomic E-state index is 13.9. The number of fused-ring (bicyclic) bond motifs is 1. The zero-order chi connectivity index (χ0) is 19.6. The molecule has 3 aromatic rings. The number of nitrogen functional groups attached to an aromatic ring is 1. The van der Waals surface area contributed by atoms with Gasteiger partial charge in [-0.1, -0.05) is 25.6 Å². The zero-order valence-corrected chi connectivity index (χ0v) is 15.5. The van der Waals surface area contributed by atoms with Gasteiger partial charge < -0.3 is 20.8 Å². The van der Waals surface area contributed by atoms with Gasteiger partial charge in [0, 0.05) is 0 Å². The summed E-state index contributed by atoms with van der Waals surface area (Å²) in [7, 11) is 1.35. The molecule has 3 rings (SSSR count). The summed E-state index contributed by atoms with van der Waals surface area (Å²) >= 11 is 1.18. The van der Waals surface area contributed by atoms with Crippen LogP contribution >= 0.6 is 11.8 Å². The predicted molar refractivity (Wildman–Crippen MR) is 97.8 cm³/mol. The van der Waals surface area contributed by atoms with E-state index >= 15 is 0 Å². The number of amides is 1. The molecule has 3 heterocycles. The lowest BCUT2D eigenvalue weighted by Crippen LogP contribution is -2.30. The van der Waals surface area contributed by atoms with Crippen LogP contribution in [0.25, 0.3) is 11.2 Å². The third kappa shape index (κ3) is 4.05. The first-order chi connectivity index (χ1) is 12.9. The molecule has 0 aromatic carbocycles. The van der Waals surface area contributed by atoms with Crippen molar-refractivity contribution < 1.29 is 13.9 Å². The number of carbonyl (C=O) groups is 1. The Morgan fingerprint density at radius 3 is 2.81 bits per heavy atom. The van der Waals surface area contributed by atoms with Crippen molar-refractivity contribution in [1.29, 1.82) is 0 Å². The van der Waals surface area contributed by atoms with E-state index in [1.807, 2.05) is 13.8 Å². The third-order valence-electron chi connectivity index (χ3n) is 3.52. The molecule has 10 nitrogen and oxygen atoms in total. The van der Waals surface area contributed by atoms with Gasteiger partial charge >= 0.3 is 6.01 Å². The van der Waals surface area contributed by atoms with Gasteiger partial charge in [0.1, 0.15) is 10.5 Å². The van der Waals surface area contributed by atoms with E-state index in [1.165, 1.54) is 25.2 Å². The van der Waals surface area contributed by atoms with E-state index in [2.05, 4.69) is 35.2 Å². The fraction of sp³-hybridized carbons (Fsp3) is 0.333. The van der Waals surface area contributed by atoms with Gasteiger partial charge in [-0.25, -0.2) is 19.3 Å². The molecule has 3 aromatic heterocycles. The van der Waals surface area contributed by atoms with Gasteiger partial charge in [-0.05, 0) is 5.92 Å². The Morgan fingerprint density at radius 2 is 2.11 bits per heavy atom. The van der Waals surface area contributed by atoms with E-state index in [1.54, 1.807) is 0 Å². The minimum absolute atomic E-state index is 0.0478. The van der Waals surface area contributed by atoms with Crippen LogP contribution in [0.5, 0.6) is 6.01 Å². The molecule has 1 atom stereocenters. The largest absolute Gasteiger partial charge is 0.467 e. The number of H-pyrrole nitrogens is 1. The Labute approximate surface area is 157 Å². The Morgan fingerprint density at radius 1 is 1.33 bits per heavy atom. The standard InChI is InChI=1S/C15H17FN8O2S/c1-6(2)9(12(25)21-10-7(16)4-18-15(23-10)26-3)27-13-8-11(20-5-19-8)22-14(17)24-13/h4-6,9H,1-3H3,(H,18,21,23,25)(H3,17,19,20,22,24)/t9-/m0/s1. The number of rotatable bonds is 6. The summed E-state index contributed by atoms with van der Waals surface area (Å²) in [4.78, 5) is 35.4. The molecule has 0 bridgehead atoms. The molecule has 1 amide bonds. The summed E-state index contributed by atoms with van der Waals surface area (Å²) in [6.45, 7) is 3.73. The van der Waals surface area contributed by atoms with Crippen LogP contribution in [0.15, 0.2) is 17.6 Å². The van der Waals surface area contributed by atoms with E-state index in [-0.39, 0.29) is 23.7 Å². The minimum atomic E-state index is -0.765. The van der Waals surface area contributed by atoms with Gasteiger partial charge in [-0.15, -0.1) is 0 Å². The number of hydrogen-bond donors (Lipinski definition) is 3. The molecule has 0 aliphatic carbocycles. The number of halogens is 1. The average Bonchev–Trinajstić information content (AvgIpc) is 3.09. The fourth-order valence-electron chi connectivity index (χ4n) is 2.25. The molecule has 0 spiro atoms. The number of nitrogens with two attached hydrogens (primary N) is 1. The number of imidazole rings is 1. The molecule has 0 aliphatic rings. The first-order valence-electron chi connectivity index (χ1n) is 7.89. The van der Waals surface area contributed by atoms with E-state index in [9.17, 15) is 9.18 Å². The number of thioether (sulfide) groups is 1. The first-order valence-corrected chi connectivity index (χ1v) is 8.77. The minimum Gasteiger partial charge on any atom is -0.467 e. The molecule has 0 radical (unpaired) electrons. The zero-order valence-electron chi connectivity index (χ0n) is 14.7. The quantitative estimate of drug-likeness (QED) is 0.421. The Bertz CT molecular complexity index is 980. The molecule has 4 N–H and O–H groups in total. The highest BCUT2D eigenvalue weighted by molar-refractivity contribution is 8.00. The average molecular weight is 392 g/mol. The van der Waals surface area contributed by atoms with Gasteiger partial charge in [0.15, 0.2) is 17.3 Å². The van der Waals surface area contributed by atoms with Crippen molar-refractivity contribution in [1.82, 2.24) is 29.9 Å². The highest BCUT2D eigenvalue weighted by Crippen LogP contribution is 2.32. The van der Waals surface area contributed by atoms with Crippen LogP contribution in [0.1, 0.15) is 13.8 Å². The van der Waals surface area contributed by atoms with Crippen molar-refractivity contribution in [2.75, 3.05) is 18.2 Å². The second-order valence-electron chi connectivity index (χ2n) is 5.81. The molecular formula is C15H17FN8O2S. The molecular weight excluding hydrogens is 375 g/mol. The summed E-state index contributed by atoms with van der Waals surface area (Å²) < 4.78 is 18.8. The van der Waals surface area contributed by atoms with Crippen molar-refractivity contribution in [2.45, 2.75) is 24.1 Å². The number of ether oxygens (including phenoxy) is 1. The van der Waals surface area contributed by atoms with Crippen LogP contribution < -0.4 is 15.8 Å². The molecule has 0 aliphatic heterocycles. The van der Waals surface area contributed by atoms with Crippen molar-refractivity contribution in [2.24, 2.45) is 5.92 Å². The van der Waals surface area contributed by atoms with Crippen molar-refractivity contribution in [3.8, 4) is 6.01 Å². The maximum Gasteiger partial charge on any atom is 0.318 e. The molecule has 0 saturated heterocycles. The van der Waals surface area contributed by atoms with Gasteiger partial charge in [-0.2, -0.15) is 9.97 Å². The lowest BCUT2D eigenvalue weighted by Gasteiger charge is -2.19. The van der Waals surface area contributed by atoms with Crippen LogP contribution in [0.4, 0.5) is 16.2 Å². The number of anilines is 2. The van der Waals surface area contributed by atoms with Crippen molar-refractivity contribution >= 4 is 40.6 Å². The molecule has 0 fully saturated rings. The first kappa shape index (κ1) is 18.8. The highest BCUT2D eigenvalue weighted by atomic mass is 32.2. The van der Waals surface area contributed by atoms with Gasteiger partial charge in [0.2, 0.25) is 11.9 Å². The summed E-state index contributed by atoms with van der Waals surface area (Å²) in [6.07, 6.45) is 2.40. The summed E-state index contributed by atoms with van der Waals surface area (Å²) in [5.41, 5.74) is 6.69. The predicted octanol–water partition coefficient (Wildman–Crippen LogP) is 1.63. The third-order valence-corrected chi connectivity index (χ3v) is 5.05. The van der Waals surface area contributed by atoms with E-state index in [0.29, 0.717) is 16.2 Å². The molecule has 0 saturated carbocycles. The summed E-state index contributed by atoms with van der Waals surface area (Å²) in [5, 5.41) is 2.35. The van der Waals surface area contributed by atoms with Crippen LogP contribution in [0.2, 0.25) is 0 Å². The molecule has 142 valence electrons. The van der Waals surface area contributed by atoms with E-state index in [0.717, 1.165) is 6.20 Å². The Balaban J connectivity index is 1.87. The number of nitrogens with zero attached hydrogens (tertiary/aromatic N) is 5. The van der Waals surface area contributed by atoms with E-state index in [4.69, 9.17) is 10.5 Å². The highest BCUT2D eigenvalue weighted by Gasteiger charge is 2.27. The normalized spacial score (nSPS) is 12.3. The SMILES string of the molecule is COc1ncc(F)c(NC(=O)[C@@H](Sc2nc(N)nc3nc[nH]c23)C(C)C)n1. The molecule has 12 heteroatoms. The Hall–Kier alpha value is -3.02. The number of methoxy groups -OCH3 is 1. The van der Waals surface area contributed by atoms with Crippen molar-refractivity contribution in [3.05, 3.63) is 18.3 Å². The number of hydrogen-bond acceptors (Lipinski definition) is 9. The molecule has 27 heavy (non-hydrogen) atoms. The van der Waals surface area contributed by atoms with Crippen molar-refractivity contribution in [3.63, 3.8) is 0 Å². The fourth-order valence-corrected chi connectivity index (χ4v) is 3.34. The lowest BCUT2D eigenvalue weighted by molar-refractivity contribution is -0.116. The number of nitrogens with one attached hydrogen (secondary N) is 2. The lowest BCUT2D eigenvalue weighted by atomic mass is 10.1. The topological polar surface area (TPSA) is 145 Å². The van der Waals surface area contributed by atoms with Gasteiger partial charge in [0.05, 0.1) is 24.9 Å². The van der Waals surface area contributed by atoms with E-state index < -0.39 is 17.0 Å². The second-order valence-corrected chi connectivity index (χ2v) is 6.94. The van der Waals surface area contributed by atoms with Gasteiger partial charge in [0.25, 0.3) is 0 Å². The smallest absolute Gasteiger partial charge is 0.318 e. The van der Waals surface area contributed by atoms with Crippen LogP contribution in [-0.2, 0) is 4.79 Å². The second kappa shape index (κ2) is 7.70. The molecule has 0 unspecified atom stereocenters. The maximum absolute atomic E-state index is 13.9. The summed E-state index contributed by atoms with van der Waals surface area (Å²) in [5.74, 6) is -1.52. The van der Waals surface area contributed by atoms with Crippen LogP contribution in [0, 0.1) is 11.7 Å². The monoisotopic (exact) mass is 392 g/mol. The number of carbonyl (C=O) groups excluding carboxylic acids is 1. The summed E-state index contributed by atoms with van der Waals surface area (Å²) in [6, 6.07) is -0.0526. The van der Waals surface area contributed by atoms with Crippen LogP contribution in [-0.4, -0.2) is 48.2 Å². The van der Waals surface area contributed by atoms with Gasteiger partial charge in [-0.3, -0.25) is 4.79 Å². The van der Waals surface area contributed by atoms with Crippen LogP contribution in [0.3, 0.4) is 0 Å². The number of aromatic nitrogens is 6. The number of aromatic amines is 1. The Kier molecular flexibility index (Phi) is 5.35.